The Hall–Kier alpha value is -3.34. The smallest absolute Gasteiger partial charge is 0.344 e. The van der Waals surface area contributed by atoms with Crippen molar-refractivity contribution in [3.8, 4) is 16.9 Å². The average Bonchev–Trinajstić information content (AvgIpc) is 3.00. The minimum atomic E-state index is -0.333. The lowest BCUT2D eigenvalue weighted by molar-refractivity contribution is -0.137. The molecule has 228 valence electrons. The lowest BCUT2D eigenvalue weighted by Crippen LogP contribution is -2.05. The van der Waals surface area contributed by atoms with Crippen LogP contribution in [0.15, 0.2) is 64.3 Å². The Morgan fingerprint density at radius 3 is 2.14 bits per heavy atom. The Morgan fingerprint density at radius 2 is 1.48 bits per heavy atom. The number of ether oxygens (including phenoxy) is 2. The lowest BCUT2D eigenvalue weighted by atomic mass is 9.94. The molecule has 0 N–H and O–H groups in total. The molecule has 0 bridgehead atoms. The quantitative estimate of drug-likeness (QED) is 0.0548. The van der Waals surface area contributed by atoms with Gasteiger partial charge >= 0.3 is 11.6 Å². The van der Waals surface area contributed by atoms with E-state index in [2.05, 4.69) is 38.6 Å². The van der Waals surface area contributed by atoms with Gasteiger partial charge in [0.05, 0.1) is 18.8 Å². The number of carbonyl (C=O) groups is 1. The SMILES string of the molecule is C=CC(=O)OCCCCCCCCCCCCOc1ccc2cc(-c3cc(CCCCC)ccc3CC)c(=O)oc2c1. The number of unbranched alkanes of at least 4 members (excludes halogenated alkanes) is 11. The first-order chi connectivity index (χ1) is 20.5. The molecule has 0 fully saturated rings. The van der Waals surface area contributed by atoms with Crippen LogP contribution >= 0.6 is 0 Å². The van der Waals surface area contributed by atoms with Crippen molar-refractivity contribution < 1.29 is 18.7 Å². The van der Waals surface area contributed by atoms with Crippen LogP contribution in [-0.4, -0.2) is 19.2 Å². The maximum Gasteiger partial charge on any atom is 0.344 e. The second-order valence-corrected chi connectivity index (χ2v) is 11.2. The van der Waals surface area contributed by atoms with Crippen LogP contribution in [0, 0.1) is 0 Å². The van der Waals surface area contributed by atoms with Crippen molar-refractivity contribution in [2.45, 2.75) is 110 Å². The van der Waals surface area contributed by atoms with Gasteiger partial charge in [0.2, 0.25) is 0 Å². The van der Waals surface area contributed by atoms with E-state index in [1.165, 1.54) is 68.6 Å². The van der Waals surface area contributed by atoms with Gasteiger partial charge in [0.1, 0.15) is 11.3 Å². The normalized spacial score (nSPS) is 11.1. The maximum atomic E-state index is 13.1. The van der Waals surface area contributed by atoms with Crippen LogP contribution in [0.2, 0.25) is 0 Å². The van der Waals surface area contributed by atoms with E-state index < -0.39 is 0 Å². The third-order valence-electron chi connectivity index (χ3n) is 7.84. The number of aryl methyl sites for hydroxylation is 2. The van der Waals surface area contributed by atoms with E-state index in [0.29, 0.717) is 24.4 Å². The Labute approximate surface area is 252 Å². The highest BCUT2D eigenvalue weighted by Gasteiger charge is 2.13. The zero-order chi connectivity index (χ0) is 30.0. The van der Waals surface area contributed by atoms with Crippen LogP contribution < -0.4 is 10.4 Å². The molecule has 3 aromatic rings. The average molecular weight is 575 g/mol. The Bertz CT molecular complexity index is 1310. The summed E-state index contributed by atoms with van der Waals surface area (Å²) in [5.74, 6) is 0.408. The largest absolute Gasteiger partial charge is 0.493 e. The van der Waals surface area contributed by atoms with Gasteiger partial charge in [0, 0.05) is 17.5 Å². The molecule has 5 nitrogen and oxygen atoms in total. The Morgan fingerprint density at radius 1 is 0.786 bits per heavy atom. The van der Waals surface area contributed by atoms with Crippen LogP contribution in [0.5, 0.6) is 5.75 Å². The van der Waals surface area contributed by atoms with Crippen LogP contribution in [0.1, 0.15) is 108 Å². The third-order valence-corrected chi connectivity index (χ3v) is 7.84. The van der Waals surface area contributed by atoms with E-state index in [0.717, 1.165) is 61.6 Å². The second-order valence-electron chi connectivity index (χ2n) is 11.2. The van der Waals surface area contributed by atoms with Gasteiger partial charge in [0.15, 0.2) is 0 Å². The van der Waals surface area contributed by atoms with Crippen molar-refractivity contribution in [3.05, 3.63) is 76.7 Å². The summed E-state index contributed by atoms with van der Waals surface area (Å²) in [7, 11) is 0. The summed E-state index contributed by atoms with van der Waals surface area (Å²) in [5.41, 5.74) is 4.34. The fourth-order valence-corrected chi connectivity index (χ4v) is 5.33. The third kappa shape index (κ3) is 11.2. The van der Waals surface area contributed by atoms with Crippen LogP contribution in [0.25, 0.3) is 22.1 Å². The van der Waals surface area contributed by atoms with Gasteiger partial charge in [-0.2, -0.15) is 0 Å². The van der Waals surface area contributed by atoms with Gasteiger partial charge < -0.3 is 13.9 Å². The monoisotopic (exact) mass is 574 g/mol. The van der Waals surface area contributed by atoms with Gasteiger partial charge in [-0.15, -0.1) is 0 Å². The molecule has 0 aliphatic carbocycles. The molecular weight excluding hydrogens is 524 g/mol. The zero-order valence-corrected chi connectivity index (χ0v) is 25.9. The molecule has 1 aromatic heterocycles. The lowest BCUT2D eigenvalue weighted by Gasteiger charge is -2.11. The molecule has 1 heterocycles. The van der Waals surface area contributed by atoms with Crippen LogP contribution in [-0.2, 0) is 22.4 Å². The number of hydrogen-bond acceptors (Lipinski definition) is 5. The molecule has 2 aromatic carbocycles. The molecule has 0 aliphatic heterocycles. The molecule has 5 heteroatoms. The minimum Gasteiger partial charge on any atom is -0.493 e. The van der Waals surface area contributed by atoms with Crippen molar-refractivity contribution in [1.29, 1.82) is 0 Å². The number of fused-ring (bicyclic) bond motifs is 1. The van der Waals surface area contributed by atoms with Crippen LogP contribution in [0.3, 0.4) is 0 Å². The second kappa shape index (κ2) is 19.0. The molecule has 0 saturated carbocycles. The van der Waals surface area contributed by atoms with Crippen molar-refractivity contribution in [2.75, 3.05) is 13.2 Å². The Balaban J connectivity index is 1.39. The molecule has 3 rings (SSSR count). The topological polar surface area (TPSA) is 65.7 Å². The highest BCUT2D eigenvalue weighted by molar-refractivity contribution is 5.83. The van der Waals surface area contributed by atoms with Crippen molar-refractivity contribution in [1.82, 2.24) is 0 Å². The molecule has 0 spiro atoms. The molecule has 0 unspecified atom stereocenters. The van der Waals surface area contributed by atoms with E-state index in [9.17, 15) is 9.59 Å². The number of esters is 1. The Kier molecular flexibility index (Phi) is 15.0. The summed E-state index contributed by atoms with van der Waals surface area (Å²) < 4.78 is 16.8. The van der Waals surface area contributed by atoms with E-state index in [-0.39, 0.29) is 11.6 Å². The number of rotatable bonds is 21. The van der Waals surface area contributed by atoms with Gasteiger partial charge in [-0.3, -0.25) is 0 Å². The first kappa shape index (κ1) is 33.2. The highest BCUT2D eigenvalue weighted by Crippen LogP contribution is 2.28. The summed E-state index contributed by atoms with van der Waals surface area (Å²) in [4.78, 5) is 24.1. The molecule has 0 amide bonds. The van der Waals surface area contributed by atoms with Crippen molar-refractivity contribution in [3.63, 3.8) is 0 Å². The predicted molar refractivity (Wildman–Crippen MR) is 173 cm³/mol. The maximum absolute atomic E-state index is 13.1. The van der Waals surface area contributed by atoms with E-state index in [1.807, 2.05) is 24.3 Å². The first-order valence-electron chi connectivity index (χ1n) is 16.2. The fourth-order valence-electron chi connectivity index (χ4n) is 5.33. The molecule has 0 saturated heterocycles. The van der Waals surface area contributed by atoms with E-state index in [4.69, 9.17) is 13.9 Å². The van der Waals surface area contributed by atoms with Gasteiger partial charge in [-0.1, -0.05) is 103 Å². The van der Waals surface area contributed by atoms with E-state index in [1.54, 1.807) is 0 Å². The number of hydrogen-bond donors (Lipinski definition) is 0. The van der Waals surface area contributed by atoms with Gasteiger partial charge in [-0.05, 0) is 67.0 Å². The molecule has 42 heavy (non-hydrogen) atoms. The number of carbonyl (C=O) groups excluding carboxylic acids is 1. The summed E-state index contributed by atoms with van der Waals surface area (Å²) in [6.45, 7) is 8.89. The highest BCUT2D eigenvalue weighted by atomic mass is 16.5. The molecule has 0 radical (unpaired) electrons. The first-order valence-corrected chi connectivity index (χ1v) is 16.2. The van der Waals surface area contributed by atoms with E-state index >= 15 is 0 Å². The molecule has 0 atom stereocenters. The number of benzene rings is 2. The fraction of sp³-hybridized carbons (Fsp3) is 0.514. The van der Waals surface area contributed by atoms with Crippen LogP contribution in [0.4, 0.5) is 0 Å². The minimum absolute atomic E-state index is 0.297. The van der Waals surface area contributed by atoms with Gasteiger partial charge in [0.25, 0.3) is 0 Å². The van der Waals surface area contributed by atoms with Gasteiger partial charge in [-0.25, -0.2) is 9.59 Å². The predicted octanol–water partition coefficient (Wildman–Crippen LogP) is 9.76. The molecular formula is C37H50O5. The standard InChI is InChI=1S/C37H50O5/c1-4-7-16-19-29-20-21-30(5-2)33(26-29)34-27-31-22-23-32(28-35(31)42-37(34)39)40-24-17-14-12-10-8-9-11-13-15-18-25-41-36(38)6-3/h6,20-23,26-28H,3-5,7-19,24-25H2,1-2H3. The van der Waals surface area contributed by atoms with Crippen molar-refractivity contribution in [2.24, 2.45) is 0 Å². The molecule has 0 aliphatic rings. The summed E-state index contributed by atoms with van der Waals surface area (Å²) in [6, 6.07) is 14.3. The summed E-state index contributed by atoms with van der Waals surface area (Å²) in [5, 5.41) is 0.909. The summed E-state index contributed by atoms with van der Waals surface area (Å²) in [6.07, 6.45) is 18.3. The summed E-state index contributed by atoms with van der Waals surface area (Å²) >= 11 is 0. The zero-order valence-electron chi connectivity index (χ0n) is 25.9. The van der Waals surface area contributed by atoms with Crippen molar-refractivity contribution >= 4 is 16.9 Å².